The zero-order chi connectivity index (χ0) is 23.8. The molecule has 170 valence electrons. The van der Waals surface area contributed by atoms with Crippen molar-refractivity contribution in [1.82, 2.24) is 10.1 Å². The number of esters is 1. The quantitative estimate of drug-likeness (QED) is 0.210. The summed E-state index contributed by atoms with van der Waals surface area (Å²) in [5.41, 5.74) is 3.16. The molecule has 3 aromatic rings. The van der Waals surface area contributed by atoms with Crippen LogP contribution in [-0.4, -0.2) is 33.1 Å². The molecule has 11 heteroatoms. The first-order valence-electron chi connectivity index (χ1n) is 9.38. The number of hydrazone groups is 1. The van der Waals surface area contributed by atoms with E-state index in [1.54, 1.807) is 42.5 Å². The van der Waals surface area contributed by atoms with Gasteiger partial charge in [0, 0.05) is 10.0 Å². The summed E-state index contributed by atoms with van der Waals surface area (Å²) in [5.74, 6) is -0.888. The molecule has 0 saturated heterocycles. The third-order valence-corrected chi connectivity index (χ3v) is 6.00. The highest BCUT2D eigenvalue weighted by atomic mass is 35.5. The average molecular weight is 506 g/mol. The van der Waals surface area contributed by atoms with Gasteiger partial charge in [0.2, 0.25) is 10.0 Å². The monoisotopic (exact) mass is 505 g/mol. The van der Waals surface area contributed by atoms with Crippen molar-refractivity contribution in [2.24, 2.45) is 5.10 Å². The number of hydrogen-bond donors (Lipinski definition) is 2. The second kappa shape index (κ2) is 11.1. The maximum atomic E-state index is 12.1. The second-order valence-corrected chi connectivity index (χ2v) is 9.18. The van der Waals surface area contributed by atoms with Crippen LogP contribution in [0.25, 0.3) is 0 Å². The van der Waals surface area contributed by atoms with E-state index in [4.69, 9.17) is 27.9 Å². The Morgan fingerprint density at radius 2 is 1.64 bits per heavy atom. The number of nitrogens with zero attached hydrogens (tertiary/aromatic N) is 1. The molecule has 2 N–H and O–H groups in total. The molecule has 0 bridgehead atoms. The van der Waals surface area contributed by atoms with Crippen molar-refractivity contribution in [3.63, 3.8) is 0 Å². The van der Waals surface area contributed by atoms with Crippen molar-refractivity contribution in [3.05, 3.63) is 94.0 Å². The Labute approximate surface area is 200 Å². The van der Waals surface area contributed by atoms with Gasteiger partial charge in [0.15, 0.2) is 0 Å². The number of benzene rings is 3. The van der Waals surface area contributed by atoms with Crippen LogP contribution in [-0.2, 0) is 14.8 Å². The fourth-order valence-corrected chi connectivity index (χ4v) is 3.78. The lowest BCUT2D eigenvalue weighted by Crippen LogP contribution is -2.34. The number of halogens is 2. The summed E-state index contributed by atoms with van der Waals surface area (Å²) >= 11 is 11.6. The summed E-state index contributed by atoms with van der Waals surface area (Å²) < 4.78 is 31.7. The normalized spacial score (nSPS) is 11.3. The van der Waals surface area contributed by atoms with Crippen LogP contribution in [0.2, 0.25) is 10.0 Å². The Morgan fingerprint density at radius 1 is 0.939 bits per heavy atom. The predicted octanol–water partition coefficient (Wildman–Crippen LogP) is 3.64. The van der Waals surface area contributed by atoms with Gasteiger partial charge in [0.25, 0.3) is 5.91 Å². The SMILES string of the molecule is O=C(CNS(=O)(=O)c1ccc(Cl)cc1)NN=Cc1ccc(OC(=O)c2cccc(Cl)c2)cc1. The smallest absolute Gasteiger partial charge is 0.343 e. The lowest BCUT2D eigenvalue weighted by molar-refractivity contribution is -0.119. The number of ether oxygens (including phenoxy) is 1. The Hall–Kier alpha value is -3.24. The van der Waals surface area contributed by atoms with Gasteiger partial charge in [-0.15, -0.1) is 0 Å². The minimum atomic E-state index is -3.86. The highest BCUT2D eigenvalue weighted by molar-refractivity contribution is 7.89. The Kier molecular flexibility index (Phi) is 8.18. The van der Waals surface area contributed by atoms with E-state index in [1.807, 2.05) is 0 Å². The molecule has 0 aromatic heterocycles. The van der Waals surface area contributed by atoms with E-state index in [0.717, 1.165) is 0 Å². The van der Waals surface area contributed by atoms with E-state index in [0.29, 0.717) is 26.9 Å². The molecule has 3 rings (SSSR count). The summed E-state index contributed by atoms with van der Waals surface area (Å²) in [5, 5.41) is 4.60. The fourth-order valence-electron chi connectivity index (χ4n) is 2.48. The van der Waals surface area contributed by atoms with Crippen LogP contribution in [0.1, 0.15) is 15.9 Å². The molecule has 0 aliphatic carbocycles. The van der Waals surface area contributed by atoms with E-state index in [-0.39, 0.29) is 4.90 Å². The van der Waals surface area contributed by atoms with Crippen LogP contribution in [0.4, 0.5) is 0 Å². The maximum absolute atomic E-state index is 12.1. The summed E-state index contributed by atoms with van der Waals surface area (Å²) in [6, 6.07) is 18.3. The highest BCUT2D eigenvalue weighted by Crippen LogP contribution is 2.16. The van der Waals surface area contributed by atoms with Crippen LogP contribution < -0.4 is 14.9 Å². The van der Waals surface area contributed by atoms with E-state index in [9.17, 15) is 18.0 Å². The second-order valence-electron chi connectivity index (χ2n) is 6.54. The number of carbonyl (C=O) groups is 2. The first-order chi connectivity index (χ1) is 15.7. The van der Waals surface area contributed by atoms with Gasteiger partial charge in [-0.05, 0) is 72.3 Å². The van der Waals surface area contributed by atoms with Crippen molar-refractivity contribution in [3.8, 4) is 5.75 Å². The highest BCUT2D eigenvalue weighted by Gasteiger charge is 2.15. The Bertz CT molecular complexity index is 1280. The fraction of sp³-hybridized carbons (Fsp3) is 0.0455. The molecular formula is C22H17Cl2N3O5S. The number of carbonyl (C=O) groups excluding carboxylic acids is 2. The molecule has 0 unspecified atom stereocenters. The third kappa shape index (κ3) is 7.40. The van der Waals surface area contributed by atoms with Crippen molar-refractivity contribution in [1.29, 1.82) is 0 Å². The van der Waals surface area contributed by atoms with E-state index in [2.05, 4.69) is 15.2 Å². The van der Waals surface area contributed by atoms with Gasteiger partial charge in [-0.2, -0.15) is 5.10 Å². The summed E-state index contributed by atoms with van der Waals surface area (Å²) in [6.07, 6.45) is 1.36. The van der Waals surface area contributed by atoms with E-state index in [1.165, 1.54) is 36.5 Å². The molecule has 0 aliphatic heterocycles. The van der Waals surface area contributed by atoms with Gasteiger partial charge in [-0.25, -0.2) is 23.4 Å². The Balaban J connectivity index is 1.48. The number of nitrogens with one attached hydrogen (secondary N) is 2. The molecule has 0 heterocycles. The van der Waals surface area contributed by atoms with Crippen LogP contribution in [0.3, 0.4) is 0 Å². The molecule has 0 fully saturated rings. The zero-order valence-electron chi connectivity index (χ0n) is 16.9. The van der Waals surface area contributed by atoms with E-state index >= 15 is 0 Å². The minimum Gasteiger partial charge on any atom is -0.423 e. The van der Waals surface area contributed by atoms with Gasteiger partial charge < -0.3 is 4.74 Å². The zero-order valence-corrected chi connectivity index (χ0v) is 19.2. The van der Waals surface area contributed by atoms with Crippen molar-refractivity contribution in [2.75, 3.05) is 6.54 Å². The maximum Gasteiger partial charge on any atom is 0.343 e. The molecule has 0 spiro atoms. The summed E-state index contributed by atoms with van der Waals surface area (Å²) in [7, 11) is -3.86. The predicted molar refractivity (Wildman–Crippen MR) is 125 cm³/mol. The van der Waals surface area contributed by atoms with Crippen LogP contribution in [0.15, 0.2) is 82.8 Å². The molecule has 0 radical (unpaired) electrons. The molecule has 0 atom stereocenters. The van der Waals surface area contributed by atoms with Crippen LogP contribution >= 0.6 is 23.2 Å². The Morgan fingerprint density at radius 3 is 2.30 bits per heavy atom. The number of rotatable bonds is 8. The van der Waals surface area contributed by atoms with Gasteiger partial charge >= 0.3 is 5.97 Å². The van der Waals surface area contributed by atoms with Crippen LogP contribution in [0, 0.1) is 0 Å². The van der Waals surface area contributed by atoms with Gasteiger partial charge in [-0.3, -0.25) is 4.79 Å². The van der Waals surface area contributed by atoms with E-state index < -0.39 is 28.4 Å². The average Bonchev–Trinajstić information content (AvgIpc) is 2.79. The number of hydrogen-bond acceptors (Lipinski definition) is 6. The number of amides is 1. The third-order valence-electron chi connectivity index (χ3n) is 4.10. The molecule has 3 aromatic carbocycles. The van der Waals surface area contributed by atoms with Gasteiger partial charge in [0.05, 0.1) is 23.2 Å². The summed E-state index contributed by atoms with van der Waals surface area (Å²) in [6.45, 7) is -0.499. The van der Waals surface area contributed by atoms with Crippen LogP contribution in [0.5, 0.6) is 5.75 Å². The molecule has 1 amide bonds. The largest absolute Gasteiger partial charge is 0.423 e. The molecule has 0 aliphatic rings. The number of sulfonamides is 1. The van der Waals surface area contributed by atoms with Crippen molar-refractivity contribution >= 4 is 51.3 Å². The first-order valence-corrected chi connectivity index (χ1v) is 11.6. The van der Waals surface area contributed by atoms with Gasteiger partial charge in [0.1, 0.15) is 5.75 Å². The first kappa shape index (κ1) is 24.4. The minimum absolute atomic E-state index is 0.0145. The standard InChI is InChI=1S/C22H17Cl2N3O5S/c23-17-6-10-20(11-7-17)33(30,31)26-14-21(28)27-25-13-15-4-8-19(9-5-15)32-22(29)16-2-1-3-18(24)12-16/h1-13,26H,14H2,(H,27,28). The van der Waals surface area contributed by atoms with Gasteiger partial charge in [-0.1, -0.05) is 29.3 Å². The topological polar surface area (TPSA) is 114 Å². The lowest BCUT2D eigenvalue weighted by Gasteiger charge is -2.06. The molecule has 8 nitrogen and oxygen atoms in total. The molecular weight excluding hydrogens is 489 g/mol. The van der Waals surface area contributed by atoms with Crippen molar-refractivity contribution in [2.45, 2.75) is 4.90 Å². The lowest BCUT2D eigenvalue weighted by atomic mass is 10.2. The summed E-state index contributed by atoms with van der Waals surface area (Å²) in [4.78, 5) is 24.0. The molecule has 33 heavy (non-hydrogen) atoms. The molecule has 0 saturated carbocycles. The van der Waals surface area contributed by atoms with Crippen molar-refractivity contribution < 1.29 is 22.7 Å².